The zero-order valence-electron chi connectivity index (χ0n) is 16.1. The lowest BCUT2D eigenvalue weighted by molar-refractivity contribution is 0.0674. The molecule has 1 N–H and O–H groups in total. The lowest BCUT2D eigenvalue weighted by Crippen LogP contribution is -2.60. The van der Waals surface area contributed by atoms with Gasteiger partial charge in [-0.25, -0.2) is 9.97 Å². The molecule has 140 valence electrons. The fraction of sp³-hybridized carbons (Fsp3) is 0.455. The standard InChI is InChI=1S/C22H27N5/c1-15(2)16-4-6-17(7-5-16)21-20(27-11-3-10-23-22(27)25-21)14-26-13-18-8-9-19(26)12-24-18/h3-7,10-11,15,18-19,24H,8-9,12-14H2,1-2H3. The van der Waals surface area contributed by atoms with E-state index in [1.54, 1.807) is 0 Å². The Kier molecular flexibility index (Phi) is 4.21. The molecule has 0 spiro atoms. The molecule has 3 aliphatic heterocycles. The topological polar surface area (TPSA) is 45.5 Å². The van der Waals surface area contributed by atoms with Crippen molar-refractivity contribution in [3.8, 4) is 11.3 Å². The minimum atomic E-state index is 0.539. The number of hydrogen-bond acceptors (Lipinski definition) is 4. The van der Waals surface area contributed by atoms with Crippen molar-refractivity contribution < 1.29 is 0 Å². The van der Waals surface area contributed by atoms with Crippen molar-refractivity contribution in [1.82, 2.24) is 24.6 Å². The summed E-state index contributed by atoms with van der Waals surface area (Å²) in [7, 11) is 0. The van der Waals surface area contributed by atoms with E-state index in [1.165, 1.54) is 29.7 Å². The van der Waals surface area contributed by atoms with Gasteiger partial charge in [-0.2, -0.15) is 0 Å². The molecule has 3 fully saturated rings. The smallest absolute Gasteiger partial charge is 0.234 e. The van der Waals surface area contributed by atoms with E-state index in [2.05, 4.69) is 63.9 Å². The number of aromatic nitrogens is 3. The molecule has 2 aromatic heterocycles. The van der Waals surface area contributed by atoms with E-state index in [0.29, 0.717) is 18.0 Å². The molecule has 5 heteroatoms. The van der Waals surface area contributed by atoms with Crippen LogP contribution in [0.15, 0.2) is 42.7 Å². The van der Waals surface area contributed by atoms with Gasteiger partial charge in [0.2, 0.25) is 5.78 Å². The minimum absolute atomic E-state index is 0.539. The van der Waals surface area contributed by atoms with Gasteiger partial charge in [0.1, 0.15) is 0 Å². The molecule has 5 nitrogen and oxygen atoms in total. The maximum atomic E-state index is 4.89. The number of hydrogen-bond donors (Lipinski definition) is 1. The second-order valence-corrected chi connectivity index (χ2v) is 8.24. The van der Waals surface area contributed by atoms with Crippen LogP contribution >= 0.6 is 0 Å². The molecule has 2 atom stereocenters. The summed E-state index contributed by atoms with van der Waals surface area (Å²) in [6, 6.07) is 12.2. The third kappa shape index (κ3) is 3.05. The van der Waals surface area contributed by atoms with E-state index >= 15 is 0 Å². The van der Waals surface area contributed by atoms with Gasteiger partial charge in [0.05, 0.1) is 11.4 Å². The molecule has 0 saturated carbocycles. The molecule has 0 amide bonds. The van der Waals surface area contributed by atoms with Gasteiger partial charge in [-0.05, 0) is 30.4 Å². The van der Waals surface area contributed by atoms with Gasteiger partial charge >= 0.3 is 0 Å². The van der Waals surface area contributed by atoms with E-state index in [0.717, 1.165) is 31.1 Å². The highest BCUT2D eigenvalue weighted by molar-refractivity contribution is 5.65. The maximum Gasteiger partial charge on any atom is 0.234 e. The van der Waals surface area contributed by atoms with Gasteiger partial charge in [0.15, 0.2) is 0 Å². The summed E-state index contributed by atoms with van der Waals surface area (Å²) >= 11 is 0. The molecule has 1 aromatic carbocycles. The highest BCUT2D eigenvalue weighted by Gasteiger charge is 2.34. The van der Waals surface area contributed by atoms with Crippen LogP contribution < -0.4 is 5.32 Å². The summed E-state index contributed by atoms with van der Waals surface area (Å²) in [6.45, 7) is 7.63. The molecule has 5 heterocycles. The summed E-state index contributed by atoms with van der Waals surface area (Å²) in [5.41, 5.74) is 4.86. The van der Waals surface area contributed by atoms with Gasteiger partial charge in [0.25, 0.3) is 0 Å². The van der Waals surface area contributed by atoms with E-state index in [1.807, 2.05) is 12.3 Å². The second-order valence-electron chi connectivity index (χ2n) is 8.24. The fourth-order valence-electron chi connectivity index (χ4n) is 4.53. The lowest BCUT2D eigenvalue weighted by Gasteiger charge is -2.46. The Hall–Kier alpha value is -2.24. The van der Waals surface area contributed by atoms with Gasteiger partial charge in [-0.15, -0.1) is 0 Å². The third-order valence-electron chi connectivity index (χ3n) is 6.17. The van der Waals surface area contributed by atoms with Crippen molar-refractivity contribution in [3.05, 3.63) is 54.0 Å². The third-order valence-corrected chi connectivity index (χ3v) is 6.17. The number of piperazine rings is 1. The number of nitrogens with zero attached hydrogens (tertiary/aromatic N) is 4. The molecular weight excluding hydrogens is 334 g/mol. The predicted octanol–water partition coefficient (Wildman–Crippen LogP) is 3.46. The Morgan fingerprint density at radius 2 is 2.04 bits per heavy atom. The molecule has 3 saturated heterocycles. The Morgan fingerprint density at radius 1 is 1.19 bits per heavy atom. The zero-order valence-corrected chi connectivity index (χ0v) is 16.1. The maximum absolute atomic E-state index is 4.89. The second kappa shape index (κ2) is 6.73. The summed E-state index contributed by atoms with van der Waals surface area (Å²) in [4.78, 5) is 12.0. The molecule has 6 rings (SSSR count). The molecule has 3 aromatic rings. The van der Waals surface area contributed by atoms with Crippen molar-refractivity contribution in [2.75, 3.05) is 13.1 Å². The van der Waals surface area contributed by atoms with E-state index in [9.17, 15) is 0 Å². The monoisotopic (exact) mass is 361 g/mol. The highest BCUT2D eigenvalue weighted by atomic mass is 15.3. The van der Waals surface area contributed by atoms with Crippen LogP contribution in [0.2, 0.25) is 0 Å². The zero-order chi connectivity index (χ0) is 18.4. The van der Waals surface area contributed by atoms with Crippen LogP contribution in [0.4, 0.5) is 0 Å². The van der Waals surface area contributed by atoms with Gasteiger partial charge in [-0.1, -0.05) is 38.1 Å². The fourth-order valence-corrected chi connectivity index (χ4v) is 4.53. The van der Waals surface area contributed by atoms with Crippen LogP contribution in [0.5, 0.6) is 0 Å². The van der Waals surface area contributed by atoms with E-state index in [-0.39, 0.29) is 0 Å². The number of nitrogens with one attached hydrogen (secondary N) is 1. The lowest BCUT2D eigenvalue weighted by atomic mass is 9.92. The van der Waals surface area contributed by atoms with Crippen molar-refractivity contribution in [2.24, 2.45) is 0 Å². The van der Waals surface area contributed by atoms with Crippen LogP contribution in [0, 0.1) is 0 Å². The highest BCUT2D eigenvalue weighted by Crippen LogP contribution is 2.30. The molecule has 2 unspecified atom stereocenters. The van der Waals surface area contributed by atoms with Crippen molar-refractivity contribution in [1.29, 1.82) is 0 Å². The molecule has 27 heavy (non-hydrogen) atoms. The van der Waals surface area contributed by atoms with Crippen LogP contribution in [0.3, 0.4) is 0 Å². The Balaban J connectivity index is 1.55. The SMILES string of the molecule is CC(C)c1ccc(-c2nc3ncccn3c2CN2CC3CCC2CN3)cc1. The minimum Gasteiger partial charge on any atom is -0.311 e. The molecule has 2 bridgehead atoms. The van der Waals surface area contributed by atoms with Crippen molar-refractivity contribution >= 4 is 5.78 Å². The van der Waals surface area contributed by atoms with E-state index in [4.69, 9.17) is 4.98 Å². The van der Waals surface area contributed by atoms with Crippen LogP contribution in [0.25, 0.3) is 17.0 Å². The number of benzene rings is 1. The Bertz CT molecular complexity index is 935. The largest absolute Gasteiger partial charge is 0.311 e. The number of fused-ring (bicyclic) bond motifs is 4. The normalized spacial score (nSPS) is 22.8. The quantitative estimate of drug-likeness (QED) is 0.773. The van der Waals surface area contributed by atoms with Crippen LogP contribution in [-0.4, -0.2) is 44.4 Å². The molecule has 0 radical (unpaired) electrons. The molecule has 3 aliphatic rings. The van der Waals surface area contributed by atoms with Crippen molar-refractivity contribution in [3.63, 3.8) is 0 Å². The van der Waals surface area contributed by atoms with Gasteiger partial charge in [-0.3, -0.25) is 9.30 Å². The number of imidazole rings is 1. The Morgan fingerprint density at radius 3 is 2.70 bits per heavy atom. The predicted molar refractivity (Wildman–Crippen MR) is 108 cm³/mol. The number of rotatable bonds is 4. The summed E-state index contributed by atoms with van der Waals surface area (Å²) < 4.78 is 2.17. The average Bonchev–Trinajstić information content (AvgIpc) is 3.07. The first-order chi connectivity index (χ1) is 13.2. The van der Waals surface area contributed by atoms with Crippen LogP contribution in [-0.2, 0) is 6.54 Å². The van der Waals surface area contributed by atoms with Gasteiger partial charge in [0, 0.05) is 49.7 Å². The van der Waals surface area contributed by atoms with Crippen LogP contribution in [0.1, 0.15) is 43.9 Å². The average molecular weight is 361 g/mol. The first-order valence-corrected chi connectivity index (χ1v) is 10.1. The van der Waals surface area contributed by atoms with Gasteiger partial charge < -0.3 is 5.32 Å². The molecular formula is C22H27N5. The summed E-state index contributed by atoms with van der Waals surface area (Å²) in [5, 5.41) is 3.65. The molecule has 0 aliphatic carbocycles. The Labute approximate surface area is 160 Å². The van der Waals surface area contributed by atoms with Crippen molar-refractivity contribution in [2.45, 2.75) is 51.2 Å². The summed E-state index contributed by atoms with van der Waals surface area (Å²) in [6.07, 6.45) is 6.52. The first-order valence-electron chi connectivity index (χ1n) is 10.1. The number of piperidine rings is 2. The van der Waals surface area contributed by atoms with E-state index < -0.39 is 0 Å². The summed E-state index contributed by atoms with van der Waals surface area (Å²) in [5.74, 6) is 1.33. The first kappa shape index (κ1) is 16.9.